The molecule has 0 saturated carbocycles. The molecule has 0 saturated heterocycles. The van der Waals surface area contributed by atoms with Gasteiger partial charge in [0.05, 0.1) is 0 Å². The first-order chi connectivity index (χ1) is 6.35. The van der Waals surface area contributed by atoms with E-state index in [1.54, 1.807) is 12.3 Å². The summed E-state index contributed by atoms with van der Waals surface area (Å²) in [5, 5.41) is 0. The van der Waals surface area contributed by atoms with Gasteiger partial charge in [0, 0.05) is 12.8 Å². The van der Waals surface area contributed by atoms with Gasteiger partial charge in [-0.1, -0.05) is 43.4 Å². The summed E-state index contributed by atoms with van der Waals surface area (Å²) in [4.78, 5) is 4.18. The Hall–Kier alpha value is -1.11. The van der Waals surface area contributed by atoms with Crippen LogP contribution in [0.4, 0.5) is 0 Å². The van der Waals surface area contributed by atoms with Crippen LogP contribution in [0.1, 0.15) is 26.7 Å². The first-order valence-corrected chi connectivity index (χ1v) is 4.77. The molecule has 0 spiro atoms. The highest BCUT2D eigenvalue weighted by atomic mass is 14.7. The zero-order valence-corrected chi connectivity index (χ0v) is 8.66. The van der Waals surface area contributed by atoms with Crippen molar-refractivity contribution in [3.63, 3.8) is 0 Å². The lowest BCUT2D eigenvalue weighted by Gasteiger charge is -1.97. The number of hydrogen-bond donors (Lipinski definition) is 0. The van der Waals surface area contributed by atoms with Gasteiger partial charge in [-0.3, -0.25) is 4.99 Å². The molecule has 0 aliphatic carbocycles. The van der Waals surface area contributed by atoms with Crippen LogP contribution in [0.3, 0.4) is 0 Å². The lowest BCUT2D eigenvalue weighted by Crippen LogP contribution is -1.84. The van der Waals surface area contributed by atoms with E-state index in [0.29, 0.717) is 0 Å². The van der Waals surface area contributed by atoms with Gasteiger partial charge < -0.3 is 0 Å². The molecule has 0 bridgehead atoms. The third-order valence-corrected chi connectivity index (χ3v) is 1.59. The number of aliphatic imine (C=N–C) groups is 1. The second kappa shape index (κ2) is 8.98. The smallest absolute Gasteiger partial charge is 0.0429 e. The van der Waals surface area contributed by atoms with Crippen molar-refractivity contribution in [2.75, 3.05) is 6.54 Å². The average Bonchev–Trinajstić information content (AvgIpc) is 2.13. The average molecular weight is 177 g/mol. The largest absolute Gasteiger partial charge is 0.293 e. The van der Waals surface area contributed by atoms with Crippen LogP contribution in [0.5, 0.6) is 0 Å². The van der Waals surface area contributed by atoms with Crippen molar-refractivity contribution in [2.24, 2.45) is 4.99 Å². The molecule has 0 aliphatic heterocycles. The van der Waals surface area contributed by atoms with Crippen LogP contribution >= 0.6 is 0 Å². The molecular weight excluding hydrogens is 158 g/mol. The Morgan fingerprint density at radius 1 is 1.46 bits per heavy atom. The van der Waals surface area contributed by atoms with Crippen LogP contribution in [-0.2, 0) is 0 Å². The third-order valence-electron chi connectivity index (χ3n) is 1.59. The van der Waals surface area contributed by atoms with Crippen LogP contribution in [0.25, 0.3) is 0 Å². The molecule has 0 rings (SSSR count). The van der Waals surface area contributed by atoms with Crippen molar-refractivity contribution in [1.29, 1.82) is 0 Å². The summed E-state index contributed by atoms with van der Waals surface area (Å²) in [6.07, 6.45) is 12.0. The highest BCUT2D eigenvalue weighted by Crippen LogP contribution is 2.04. The first kappa shape index (κ1) is 11.9. The van der Waals surface area contributed by atoms with E-state index in [1.165, 1.54) is 5.57 Å². The van der Waals surface area contributed by atoms with Crippen LogP contribution in [-0.4, -0.2) is 12.8 Å². The molecule has 0 aliphatic rings. The minimum Gasteiger partial charge on any atom is -0.293 e. The van der Waals surface area contributed by atoms with Crippen molar-refractivity contribution in [1.82, 2.24) is 0 Å². The van der Waals surface area contributed by atoms with E-state index >= 15 is 0 Å². The van der Waals surface area contributed by atoms with E-state index in [0.717, 1.165) is 19.4 Å². The SMILES string of the molecule is C=CC=NCCC(/C=C\C)=C/CC. The number of hydrogen-bond acceptors (Lipinski definition) is 1. The van der Waals surface area contributed by atoms with Crippen molar-refractivity contribution in [3.05, 3.63) is 36.5 Å². The maximum Gasteiger partial charge on any atom is 0.0429 e. The molecule has 1 heteroatoms. The van der Waals surface area contributed by atoms with Gasteiger partial charge in [0.1, 0.15) is 0 Å². The van der Waals surface area contributed by atoms with Gasteiger partial charge in [-0.15, -0.1) is 0 Å². The van der Waals surface area contributed by atoms with Gasteiger partial charge in [-0.25, -0.2) is 0 Å². The second-order valence-corrected chi connectivity index (χ2v) is 2.73. The predicted molar refractivity (Wildman–Crippen MR) is 61.4 cm³/mol. The maximum atomic E-state index is 4.18. The summed E-state index contributed by atoms with van der Waals surface area (Å²) in [5.74, 6) is 0. The Kier molecular flexibility index (Phi) is 8.21. The molecular formula is C12H19N. The lowest BCUT2D eigenvalue weighted by atomic mass is 10.1. The summed E-state index contributed by atoms with van der Waals surface area (Å²) in [5.41, 5.74) is 1.37. The van der Waals surface area contributed by atoms with Gasteiger partial charge in [0.15, 0.2) is 0 Å². The molecule has 0 aromatic rings. The number of allylic oxidation sites excluding steroid dienone is 4. The van der Waals surface area contributed by atoms with Crippen molar-refractivity contribution >= 4 is 6.21 Å². The molecule has 0 heterocycles. The summed E-state index contributed by atoms with van der Waals surface area (Å²) in [7, 11) is 0. The molecule has 0 atom stereocenters. The van der Waals surface area contributed by atoms with E-state index in [-0.39, 0.29) is 0 Å². The Bertz CT molecular complexity index is 209. The normalized spacial score (nSPS) is 12.9. The van der Waals surface area contributed by atoms with Gasteiger partial charge in [0.25, 0.3) is 0 Å². The molecule has 0 amide bonds. The summed E-state index contributed by atoms with van der Waals surface area (Å²) >= 11 is 0. The van der Waals surface area contributed by atoms with Crippen molar-refractivity contribution < 1.29 is 0 Å². The van der Waals surface area contributed by atoms with Crippen molar-refractivity contribution in [3.8, 4) is 0 Å². The lowest BCUT2D eigenvalue weighted by molar-refractivity contribution is 0.966. The highest BCUT2D eigenvalue weighted by Gasteiger charge is 1.89. The third kappa shape index (κ3) is 7.26. The van der Waals surface area contributed by atoms with Gasteiger partial charge >= 0.3 is 0 Å². The monoisotopic (exact) mass is 177 g/mol. The van der Waals surface area contributed by atoms with Gasteiger partial charge in [-0.2, -0.15) is 0 Å². The molecule has 0 N–H and O–H groups in total. The zero-order chi connectivity index (χ0) is 9.94. The Labute approximate surface area is 81.6 Å². The minimum atomic E-state index is 0.849. The second-order valence-electron chi connectivity index (χ2n) is 2.73. The number of nitrogens with zero attached hydrogens (tertiary/aromatic N) is 1. The van der Waals surface area contributed by atoms with E-state index in [1.807, 2.05) is 6.92 Å². The standard InChI is InChI=1S/C12H19N/c1-4-7-12(8-5-2)9-11-13-10-6-3/h4,6-8,10H,3,5,9,11H2,1-2H3/b7-4-,12-8+,13-10?. The molecule has 72 valence electrons. The fourth-order valence-corrected chi connectivity index (χ4v) is 1.07. The van der Waals surface area contributed by atoms with E-state index < -0.39 is 0 Å². The molecule has 0 aromatic carbocycles. The summed E-state index contributed by atoms with van der Waals surface area (Å²) < 4.78 is 0. The quantitative estimate of drug-likeness (QED) is 0.434. The maximum absolute atomic E-state index is 4.18. The van der Waals surface area contributed by atoms with Gasteiger partial charge in [-0.05, 0) is 19.8 Å². The molecule has 0 radical (unpaired) electrons. The van der Waals surface area contributed by atoms with E-state index in [4.69, 9.17) is 0 Å². The molecule has 0 aromatic heterocycles. The van der Waals surface area contributed by atoms with Crippen molar-refractivity contribution in [2.45, 2.75) is 26.7 Å². The summed E-state index contributed by atoms with van der Waals surface area (Å²) in [6.45, 7) is 8.61. The molecule has 0 fully saturated rings. The van der Waals surface area contributed by atoms with E-state index in [2.05, 4.69) is 36.7 Å². The van der Waals surface area contributed by atoms with Gasteiger partial charge in [0.2, 0.25) is 0 Å². The summed E-state index contributed by atoms with van der Waals surface area (Å²) in [6, 6.07) is 0. The highest BCUT2D eigenvalue weighted by molar-refractivity contribution is 5.69. The van der Waals surface area contributed by atoms with Crippen LogP contribution in [0.2, 0.25) is 0 Å². The molecule has 0 unspecified atom stereocenters. The van der Waals surface area contributed by atoms with Crippen LogP contribution in [0.15, 0.2) is 41.4 Å². The molecule has 1 nitrogen and oxygen atoms in total. The zero-order valence-electron chi connectivity index (χ0n) is 8.66. The topological polar surface area (TPSA) is 12.4 Å². The molecule has 13 heavy (non-hydrogen) atoms. The Balaban J connectivity index is 3.89. The minimum absolute atomic E-state index is 0.849. The van der Waals surface area contributed by atoms with Crippen LogP contribution in [0, 0.1) is 0 Å². The predicted octanol–water partition coefficient (Wildman–Crippen LogP) is 3.55. The number of rotatable bonds is 6. The first-order valence-electron chi connectivity index (χ1n) is 4.77. The fourth-order valence-electron chi connectivity index (χ4n) is 1.07. The Morgan fingerprint density at radius 3 is 2.77 bits per heavy atom. The fraction of sp³-hybridized carbons (Fsp3) is 0.417. The van der Waals surface area contributed by atoms with Crippen LogP contribution < -0.4 is 0 Å². The Morgan fingerprint density at radius 2 is 2.23 bits per heavy atom. The van der Waals surface area contributed by atoms with E-state index in [9.17, 15) is 0 Å².